The Morgan fingerprint density at radius 1 is 1.00 bits per heavy atom. The maximum Gasteiger partial charge on any atom is 0.338 e. The lowest BCUT2D eigenvalue weighted by Gasteiger charge is -2.21. The topological polar surface area (TPSA) is 51.8 Å². The molecule has 0 amide bonds. The van der Waals surface area contributed by atoms with Gasteiger partial charge in [0, 0.05) is 23.1 Å². The number of nitrogens with zero attached hydrogens (tertiary/aromatic N) is 1. The first kappa shape index (κ1) is 26.6. The SMILES string of the molecule is CCN=c1c(C)cc2c(-c3ccccc3C(=O)OCC)c3cc(C)c(C)c(Br)c3oc-2c1Br.[Br-]. The molecule has 0 atom stereocenters. The maximum atomic E-state index is 12.9. The van der Waals surface area contributed by atoms with E-state index in [1.165, 1.54) is 0 Å². The van der Waals surface area contributed by atoms with E-state index >= 15 is 0 Å². The lowest BCUT2D eigenvalue weighted by molar-refractivity contribution is -0.0000251. The molecule has 2 aromatic carbocycles. The van der Waals surface area contributed by atoms with Crippen LogP contribution >= 0.6 is 31.9 Å². The highest BCUT2D eigenvalue weighted by molar-refractivity contribution is 9.11. The van der Waals surface area contributed by atoms with Gasteiger partial charge in [0.15, 0.2) is 5.76 Å². The Balaban J connectivity index is 0.00000324. The standard InChI is InChI=1S/C27H25Br2NO3.BrH/c1-6-30-24-15(4)13-20-21(17-10-8-9-11-18(17)27(31)32-7-2)19-12-14(3)16(5)22(28)25(19)33-26(20)23(24)29;/h8-13H,6-7H2,1-5H3;1H/p-1. The van der Waals surface area contributed by atoms with Gasteiger partial charge in [0.25, 0.3) is 0 Å². The van der Waals surface area contributed by atoms with Crippen LogP contribution in [0.25, 0.3) is 33.4 Å². The van der Waals surface area contributed by atoms with Crippen LogP contribution in [0.4, 0.5) is 0 Å². The fourth-order valence-corrected chi connectivity index (χ4v) is 5.49. The van der Waals surface area contributed by atoms with E-state index in [1.807, 2.05) is 45.0 Å². The Morgan fingerprint density at radius 3 is 2.38 bits per heavy atom. The molecule has 4 rings (SSSR count). The molecule has 1 aliphatic carbocycles. The summed E-state index contributed by atoms with van der Waals surface area (Å²) in [4.78, 5) is 17.6. The molecule has 0 saturated heterocycles. The molecule has 2 aromatic rings. The summed E-state index contributed by atoms with van der Waals surface area (Å²) in [7, 11) is 0. The van der Waals surface area contributed by atoms with E-state index in [0.717, 1.165) is 58.7 Å². The number of benzene rings is 3. The van der Waals surface area contributed by atoms with Crippen LogP contribution in [-0.4, -0.2) is 19.1 Å². The molecule has 7 heteroatoms. The molecule has 1 aliphatic heterocycles. The molecule has 0 bridgehead atoms. The largest absolute Gasteiger partial charge is 1.00 e. The minimum absolute atomic E-state index is 0. The molecule has 0 spiro atoms. The Labute approximate surface area is 226 Å². The second-order valence-corrected chi connectivity index (χ2v) is 9.55. The summed E-state index contributed by atoms with van der Waals surface area (Å²) in [6.07, 6.45) is 0. The van der Waals surface area contributed by atoms with Crippen LogP contribution in [0.1, 0.15) is 40.9 Å². The second-order valence-electron chi connectivity index (χ2n) is 7.96. The zero-order valence-corrected chi connectivity index (χ0v) is 24.4. The lowest BCUT2D eigenvalue weighted by atomic mass is 9.89. The molecule has 0 fully saturated rings. The van der Waals surface area contributed by atoms with E-state index in [9.17, 15) is 4.79 Å². The van der Waals surface area contributed by atoms with Crippen molar-refractivity contribution in [3.63, 3.8) is 0 Å². The number of fused-ring (bicyclic) bond motifs is 2. The zero-order chi connectivity index (χ0) is 23.9. The second kappa shape index (κ2) is 10.8. The van der Waals surface area contributed by atoms with E-state index in [1.54, 1.807) is 0 Å². The smallest absolute Gasteiger partial charge is 0.338 e. The number of rotatable bonds is 4. The van der Waals surface area contributed by atoms with Gasteiger partial charge in [0.1, 0.15) is 5.58 Å². The molecule has 34 heavy (non-hydrogen) atoms. The first-order valence-corrected chi connectivity index (χ1v) is 12.5. The van der Waals surface area contributed by atoms with Crippen molar-refractivity contribution >= 4 is 48.8 Å². The van der Waals surface area contributed by atoms with Crippen LogP contribution in [0.2, 0.25) is 0 Å². The van der Waals surface area contributed by atoms with Crippen molar-refractivity contribution in [2.75, 3.05) is 13.2 Å². The summed E-state index contributed by atoms with van der Waals surface area (Å²) in [6.45, 7) is 11.0. The quantitative estimate of drug-likeness (QED) is 0.237. The van der Waals surface area contributed by atoms with Gasteiger partial charge < -0.3 is 26.1 Å². The van der Waals surface area contributed by atoms with E-state index in [2.05, 4.69) is 62.8 Å². The number of ether oxygens (including phenoxy) is 1. The first-order chi connectivity index (χ1) is 15.8. The molecular weight excluding hydrogens is 626 g/mol. The van der Waals surface area contributed by atoms with Gasteiger partial charge in [-0.15, -0.1) is 0 Å². The first-order valence-electron chi connectivity index (χ1n) is 10.9. The Morgan fingerprint density at radius 2 is 1.71 bits per heavy atom. The van der Waals surface area contributed by atoms with Crippen molar-refractivity contribution in [1.29, 1.82) is 0 Å². The van der Waals surface area contributed by atoms with Crippen molar-refractivity contribution in [3.8, 4) is 22.5 Å². The average Bonchev–Trinajstić information content (AvgIpc) is 2.80. The normalized spacial score (nSPS) is 11.7. The van der Waals surface area contributed by atoms with Gasteiger partial charge in [0.05, 0.1) is 26.5 Å². The predicted molar refractivity (Wildman–Crippen MR) is 140 cm³/mol. The fourth-order valence-electron chi connectivity index (χ4n) is 4.15. The van der Waals surface area contributed by atoms with E-state index in [-0.39, 0.29) is 23.0 Å². The highest BCUT2D eigenvalue weighted by atomic mass is 79.9. The molecule has 0 radical (unpaired) electrons. The number of hydrogen-bond acceptors (Lipinski definition) is 4. The number of hydrogen-bond donors (Lipinski definition) is 0. The molecule has 1 heterocycles. The van der Waals surface area contributed by atoms with Crippen LogP contribution < -0.4 is 22.3 Å². The van der Waals surface area contributed by atoms with E-state index in [4.69, 9.17) is 9.15 Å². The van der Waals surface area contributed by atoms with Gasteiger partial charge in [-0.2, -0.15) is 0 Å². The number of halogens is 3. The van der Waals surface area contributed by atoms with Crippen molar-refractivity contribution in [2.45, 2.75) is 34.6 Å². The third kappa shape index (κ3) is 4.50. The van der Waals surface area contributed by atoms with Gasteiger partial charge in [-0.05, 0) is 107 Å². The van der Waals surface area contributed by atoms with Crippen molar-refractivity contribution in [1.82, 2.24) is 0 Å². The highest BCUT2D eigenvalue weighted by Gasteiger charge is 2.26. The third-order valence-corrected chi connectivity index (χ3v) is 7.55. The van der Waals surface area contributed by atoms with Gasteiger partial charge in [-0.3, -0.25) is 4.99 Å². The minimum Gasteiger partial charge on any atom is -1.00 e. The van der Waals surface area contributed by atoms with Gasteiger partial charge in [-0.1, -0.05) is 18.2 Å². The Kier molecular flexibility index (Phi) is 8.43. The number of carbonyl (C=O) groups is 1. The summed E-state index contributed by atoms with van der Waals surface area (Å²) in [6, 6.07) is 11.8. The van der Waals surface area contributed by atoms with Crippen molar-refractivity contribution in [3.05, 3.63) is 73.0 Å². The van der Waals surface area contributed by atoms with Crippen molar-refractivity contribution in [2.24, 2.45) is 4.99 Å². The van der Waals surface area contributed by atoms with Crippen LogP contribution in [-0.2, 0) is 4.74 Å². The van der Waals surface area contributed by atoms with Crippen LogP contribution in [0.5, 0.6) is 0 Å². The molecule has 178 valence electrons. The Bertz CT molecular complexity index is 1440. The summed E-state index contributed by atoms with van der Waals surface area (Å²) in [5, 5.41) is 1.80. The van der Waals surface area contributed by atoms with Gasteiger partial charge >= 0.3 is 5.97 Å². The number of carbonyl (C=O) groups excluding carboxylic acids is 1. The predicted octanol–water partition coefficient (Wildman–Crippen LogP) is 4.76. The monoisotopic (exact) mass is 648 g/mol. The lowest BCUT2D eigenvalue weighted by Crippen LogP contribution is -3.00. The molecule has 2 aliphatic rings. The zero-order valence-electron chi connectivity index (χ0n) is 19.7. The minimum atomic E-state index is -0.341. The summed E-state index contributed by atoms with van der Waals surface area (Å²) in [5.74, 6) is 0.351. The molecular formula is C27H25Br3NO3-. The maximum absolute atomic E-state index is 12.9. The summed E-state index contributed by atoms with van der Waals surface area (Å²) < 4.78 is 13.6. The molecule has 4 nitrogen and oxygen atoms in total. The van der Waals surface area contributed by atoms with Crippen LogP contribution in [0.3, 0.4) is 0 Å². The van der Waals surface area contributed by atoms with E-state index < -0.39 is 0 Å². The number of aryl methyl sites for hydroxylation is 2. The summed E-state index contributed by atoms with van der Waals surface area (Å²) in [5.41, 5.74) is 7.18. The van der Waals surface area contributed by atoms with Gasteiger partial charge in [-0.25, -0.2) is 4.79 Å². The summed E-state index contributed by atoms with van der Waals surface area (Å²) >= 11 is 7.52. The highest BCUT2D eigenvalue weighted by Crippen LogP contribution is 2.46. The molecule has 0 N–H and O–H groups in total. The van der Waals surface area contributed by atoms with Crippen LogP contribution in [0, 0.1) is 20.8 Å². The Hall–Kier alpha value is -1.96. The van der Waals surface area contributed by atoms with Crippen molar-refractivity contribution < 1.29 is 30.9 Å². The third-order valence-electron chi connectivity index (χ3n) is 5.86. The molecule has 0 aromatic heterocycles. The molecule has 0 unspecified atom stereocenters. The average molecular weight is 651 g/mol. The molecule has 0 saturated carbocycles. The van der Waals surface area contributed by atoms with Crippen LogP contribution in [0.15, 0.2) is 54.8 Å². The fraction of sp³-hybridized carbons (Fsp3) is 0.259. The van der Waals surface area contributed by atoms with Gasteiger partial charge in [0.2, 0.25) is 0 Å². The van der Waals surface area contributed by atoms with E-state index in [0.29, 0.717) is 24.5 Å². The number of esters is 1.